The molecule has 0 aliphatic heterocycles. The molecule has 0 unspecified atom stereocenters. The molecule has 0 aliphatic carbocycles. The number of hydrogen-bond donors (Lipinski definition) is 1. The lowest BCUT2D eigenvalue weighted by molar-refractivity contribution is 0.0956. The summed E-state index contributed by atoms with van der Waals surface area (Å²) >= 11 is 0. The summed E-state index contributed by atoms with van der Waals surface area (Å²) in [6.07, 6.45) is 6.43. The Balaban J connectivity index is 2.26. The highest BCUT2D eigenvalue weighted by molar-refractivity contribution is 6.16. The molecule has 0 atom stereocenters. The van der Waals surface area contributed by atoms with Crippen LogP contribution in [0.2, 0.25) is 0 Å². The first-order valence-electron chi connectivity index (χ1n) is 7.09. The van der Waals surface area contributed by atoms with Gasteiger partial charge in [-0.25, -0.2) is 0 Å². The topological polar surface area (TPSA) is 51.1 Å². The summed E-state index contributed by atoms with van der Waals surface area (Å²) in [5.74, 6) is 1.92. The van der Waals surface area contributed by atoms with Crippen molar-refractivity contribution in [1.29, 1.82) is 0 Å². The van der Waals surface area contributed by atoms with Crippen LogP contribution in [0.1, 0.15) is 15.2 Å². The second kappa shape index (κ2) is 5.82. The van der Waals surface area contributed by atoms with Crippen molar-refractivity contribution in [3.63, 3.8) is 0 Å². The molecule has 4 heteroatoms. The van der Waals surface area contributed by atoms with Gasteiger partial charge < -0.3 is 5.32 Å². The van der Waals surface area contributed by atoms with Gasteiger partial charge in [-0.15, -0.1) is 6.42 Å². The first kappa shape index (κ1) is 14.6. The summed E-state index contributed by atoms with van der Waals surface area (Å²) in [5, 5.41) is 4.38. The van der Waals surface area contributed by atoms with E-state index in [1.54, 1.807) is 22.8 Å². The van der Waals surface area contributed by atoms with Crippen LogP contribution in [0.3, 0.4) is 0 Å². The Hall–Kier alpha value is -3.32. The molecule has 0 aliphatic rings. The third-order valence-corrected chi connectivity index (χ3v) is 3.68. The fourth-order valence-corrected chi connectivity index (χ4v) is 2.68. The number of para-hydroxylation sites is 1. The normalized spacial score (nSPS) is 10.4. The molecule has 0 bridgehead atoms. The van der Waals surface area contributed by atoms with Crippen molar-refractivity contribution < 1.29 is 9.59 Å². The maximum absolute atomic E-state index is 12.2. The smallest absolute Gasteiger partial charge is 0.254 e. The number of fused-ring (bicyclic) bond motifs is 3. The van der Waals surface area contributed by atoms with E-state index in [9.17, 15) is 9.59 Å². The molecule has 0 fully saturated rings. The van der Waals surface area contributed by atoms with Gasteiger partial charge in [-0.3, -0.25) is 14.2 Å². The molecule has 3 rings (SSSR count). The quantitative estimate of drug-likeness (QED) is 0.597. The third kappa shape index (κ3) is 2.39. The van der Waals surface area contributed by atoms with E-state index in [2.05, 4.69) is 17.8 Å². The highest BCUT2D eigenvalue weighted by Gasteiger charge is 2.15. The van der Waals surface area contributed by atoms with Gasteiger partial charge in [0, 0.05) is 16.3 Å². The van der Waals surface area contributed by atoms with Crippen molar-refractivity contribution >= 4 is 33.6 Å². The Morgan fingerprint density at radius 1 is 1.17 bits per heavy atom. The number of carbonyl (C=O) groups excluding carboxylic acids is 2. The Morgan fingerprint density at radius 3 is 2.65 bits per heavy atom. The van der Waals surface area contributed by atoms with Gasteiger partial charge in [-0.05, 0) is 30.3 Å². The van der Waals surface area contributed by atoms with E-state index in [4.69, 9.17) is 6.42 Å². The highest BCUT2D eigenvalue weighted by atomic mass is 16.2. The van der Waals surface area contributed by atoms with Gasteiger partial charge >= 0.3 is 0 Å². The molecular weight excluding hydrogens is 288 g/mol. The van der Waals surface area contributed by atoms with Crippen LogP contribution < -0.4 is 5.32 Å². The van der Waals surface area contributed by atoms with E-state index < -0.39 is 0 Å². The fraction of sp³-hybridized carbons (Fsp3) is 0.0526. The maximum atomic E-state index is 12.2. The van der Waals surface area contributed by atoms with Crippen molar-refractivity contribution in [2.24, 2.45) is 0 Å². The molecule has 4 nitrogen and oxygen atoms in total. The highest BCUT2D eigenvalue weighted by Crippen LogP contribution is 2.29. The van der Waals surface area contributed by atoms with Crippen LogP contribution in [0.5, 0.6) is 0 Å². The third-order valence-electron chi connectivity index (χ3n) is 3.68. The van der Waals surface area contributed by atoms with Gasteiger partial charge in [-0.1, -0.05) is 30.7 Å². The number of amides is 1. The minimum Gasteiger partial charge on any atom is -0.341 e. The van der Waals surface area contributed by atoms with Crippen molar-refractivity contribution in [2.45, 2.75) is 0 Å². The molecule has 1 amide bonds. The monoisotopic (exact) mass is 302 g/mol. The Morgan fingerprint density at radius 2 is 1.91 bits per heavy atom. The summed E-state index contributed by atoms with van der Waals surface area (Å²) in [5.41, 5.74) is 2.03. The summed E-state index contributed by atoms with van der Waals surface area (Å²) in [4.78, 5) is 24.3. The molecule has 1 heterocycles. The standard InChI is InChI=1S/C19H14N2O2/c1-3-11-20-19(23)13-9-10-17-15(12-13)14-7-5-6-8-16(14)21(17)18(22)4-2/h1,4-10,12H,2,11H2,(H,20,23). The fourth-order valence-electron chi connectivity index (χ4n) is 2.68. The lowest BCUT2D eigenvalue weighted by atomic mass is 10.1. The van der Waals surface area contributed by atoms with Crippen molar-refractivity contribution in [2.75, 3.05) is 6.54 Å². The molecule has 112 valence electrons. The van der Waals surface area contributed by atoms with E-state index in [0.717, 1.165) is 21.8 Å². The number of nitrogens with zero attached hydrogens (tertiary/aromatic N) is 1. The Bertz CT molecular complexity index is 990. The zero-order valence-electron chi connectivity index (χ0n) is 12.4. The van der Waals surface area contributed by atoms with Crippen LogP contribution in [0.15, 0.2) is 55.1 Å². The van der Waals surface area contributed by atoms with Crippen LogP contribution in [-0.2, 0) is 0 Å². The van der Waals surface area contributed by atoms with E-state index >= 15 is 0 Å². The van der Waals surface area contributed by atoms with Gasteiger partial charge in [0.25, 0.3) is 11.8 Å². The van der Waals surface area contributed by atoms with Crippen LogP contribution in [0.25, 0.3) is 21.8 Å². The van der Waals surface area contributed by atoms with E-state index in [1.165, 1.54) is 6.08 Å². The van der Waals surface area contributed by atoms with Crippen LogP contribution >= 0.6 is 0 Å². The molecule has 0 spiro atoms. The predicted octanol–water partition coefficient (Wildman–Crippen LogP) is 2.98. The Labute approximate surface area is 133 Å². The molecule has 0 saturated heterocycles. The summed E-state index contributed by atoms with van der Waals surface area (Å²) in [6, 6.07) is 12.8. The van der Waals surface area contributed by atoms with E-state index in [1.807, 2.05) is 24.3 Å². The maximum Gasteiger partial charge on any atom is 0.254 e. The van der Waals surface area contributed by atoms with Gasteiger partial charge in [0.2, 0.25) is 0 Å². The van der Waals surface area contributed by atoms with Gasteiger partial charge in [0.15, 0.2) is 0 Å². The lowest BCUT2D eigenvalue weighted by Gasteiger charge is -2.04. The minimum atomic E-state index is -0.239. The second-order valence-electron chi connectivity index (χ2n) is 5.01. The number of aromatic nitrogens is 1. The molecule has 3 aromatic rings. The summed E-state index contributed by atoms with van der Waals surface area (Å²) in [7, 11) is 0. The zero-order chi connectivity index (χ0) is 16.4. The first-order chi connectivity index (χ1) is 11.2. The van der Waals surface area contributed by atoms with E-state index in [0.29, 0.717) is 5.56 Å². The summed E-state index contributed by atoms with van der Waals surface area (Å²) < 4.78 is 1.60. The number of hydrogen-bond acceptors (Lipinski definition) is 2. The SMILES string of the molecule is C#CCNC(=O)c1ccc2c(c1)c1ccccc1n2C(=O)C=C. The van der Waals surface area contributed by atoms with Crippen molar-refractivity contribution in [3.05, 3.63) is 60.7 Å². The number of nitrogens with one attached hydrogen (secondary N) is 1. The number of carbonyl (C=O) groups is 2. The number of rotatable bonds is 3. The Kier molecular flexibility index (Phi) is 3.70. The second-order valence-corrected chi connectivity index (χ2v) is 5.01. The molecule has 0 radical (unpaired) electrons. The largest absolute Gasteiger partial charge is 0.341 e. The molecule has 0 saturated carbocycles. The van der Waals surface area contributed by atoms with Crippen molar-refractivity contribution in [1.82, 2.24) is 9.88 Å². The molecular formula is C19H14N2O2. The molecule has 23 heavy (non-hydrogen) atoms. The summed E-state index contributed by atoms with van der Waals surface area (Å²) in [6.45, 7) is 3.73. The van der Waals surface area contributed by atoms with E-state index in [-0.39, 0.29) is 18.4 Å². The molecule has 1 N–H and O–H groups in total. The first-order valence-corrected chi connectivity index (χ1v) is 7.09. The molecule has 1 aromatic heterocycles. The van der Waals surface area contributed by atoms with Crippen LogP contribution in [-0.4, -0.2) is 22.9 Å². The van der Waals surface area contributed by atoms with Gasteiger partial charge in [0.05, 0.1) is 17.6 Å². The van der Waals surface area contributed by atoms with Crippen LogP contribution in [0, 0.1) is 12.3 Å². The number of terminal acetylenes is 1. The molecule has 2 aromatic carbocycles. The minimum absolute atomic E-state index is 0.174. The zero-order valence-corrected chi connectivity index (χ0v) is 12.4. The number of benzene rings is 2. The predicted molar refractivity (Wildman–Crippen MR) is 91.4 cm³/mol. The average molecular weight is 302 g/mol. The average Bonchev–Trinajstić information content (AvgIpc) is 2.92. The van der Waals surface area contributed by atoms with Crippen LogP contribution in [0.4, 0.5) is 0 Å². The van der Waals surface area contributed by atoms with Crippen molar-refractivity contribution in [3.8, 4) is 12.3 Å². The van der Waals surface area contributed by atoms with Gasteiger partial charge in [0.1, 0.15) is 0 Å². The van der Waals surface area contributed by atoms with Gasteiger partial charge in [-0.2, -0.15) is 0 Å². The lowest BCUT2D eigenvalue weighted by Crippen LogP contribution is -2.23. The number of allylic oxidation sites excluding steroid dienone is 1.